The molecule has 1 aromatic heterocycles. The molecule has 0 spiro atoms. The molecule has 0 unspecified atom stereocenters. The lowest BCUT2D eigenvalue weighted by atomic mass is 9.98. The van der Waals surface area contributed by atoms with Gasteiger partial charge in [0.25, 0.3) is 0 Å². The molecule has 0 amide bonds. The highest BCUT2D eigenvalue weighted by molar-refractivity contribution is 5.96. The van der Waals surface area contributed by atoms with Crippen LogP contribution >= 0.6 is 0 Å². The zero-order chi connectivity index (χ0) is 24.7. The second-order valence-electron chi connectivity index (χ2n) is 8.84. The van der Waals surface area contributed by atoms with Crippen LogP contribution in [-0.2, 0) is 20.7 Å². The molecule has 0 aliphatic carbocycles. The fourth-order valence-electron chi connectivity index (χ4n) is 3.53. The van der Waals surface area contributed by atoms with Gasteiger partial charge in [-0.1, -0.05) is 36.4 Å². The zero-order valence-corrected chi connectivity index (χ0v) is 20.4. The summed E-state index contributed by atoms with van der Waals surface area (Å²) in [5, 5.41) is 0. The van der Waals surface area contributed by atoms with E-state index in [1.165, 1.54) is 0 Å². The van der Waals surface area contributed by atoms with Gasteiger partial charge in [-0.15, -0.1) is 0 Å². The van der Waals surface area contributed by atoms with Gasteiger partial charge in [0.05, 0.1) is 6.61 Å². The van der Waals surface area contributed by atoms with E-state index in [1.807, 2.05) is 76.2 Å². The molecule has 1 heterocycles. The number of carbonyl (C=O) groups excluding carboxylic acids is 2. The molecule has 0 aliphatic heterocycles. The number of hydrogen-bond donors (Lipinski definition) is 0. The highest BCUT2D eigenvalue weighted by atomic mass is 16.6. The molecule has 34 heavy (non-hydrogen) atoms. The van der Waals surface area contributed by atoms with Crippen LogP contribution in [0.4, 0.5) is 0 Å². The van der Waals surface area contributed by atoms with Crippen molar-refractivity contribution in [3.63, 3.8) is 0 Å². The first-order valence-corrected chi connectivity index (χ1v) is 11.4. The minimum atomic E-state index is -0.626. The third-order valence-corrected chi connectivity index (χ3v) is 5.07. The predicted octanol–water partition coefficient (Wildman–Crippen LogP) is 6.30. The average Bonchev–Trinajstić information content (AvgIpc) is 2.79. The van der Waals surface area contributed by atoms with Gasteiger partial charge in [-0.2, -0.15) is 0 Å². The second kappa shape index (κ2) is 11.0. The quantitative estimate of drug-likeness (QED) is 0.367. The molecule has 3 aromatic rings. The Morgan fingerprint density at radius 3 is 2.35 bits per heavy atom. The maximum absolute atomic E-state index is 12.8. The van der Waals surface area contributed by atoms with Crippen molar-refractivity contribution in [2.24, 2.45) is 0 Å². The Kier molecular flexibility index (Phi) is 8.05. The number of aromatic nitrogens is 1. The SMILES string of the molecule is CCOC(=O)CCc1ccccc1Oc1cccc(-c2cccnc2C(=O)OC(C)(C)C)c1C. The van der Waals surface area contributed by atoms with Crippen molar-refractivity contribution in [3.05, 3.63) is 77.6 Å². The van der Waals surface area contributed by atoms with E-state index in [1.54, 1.807) is 19.2 Å². The monoisotopic (exact) mass is 461 g/mol. The van der Waals surface area contributed by atoms with E-state index < -0.39 is 11.6 Å². The van der Waals surface area contributed by atoms with E-state index in [-0.39, 0.29) is 18.1 Å². The molecule has 0 fully saturated rings. The molecule has 0 N–H and O–H groups in total. The maximum Gasteiger partial charge on any atom is 0.358 e. The predicted molar refractivity (Wildman–Crippen MR) is 131 cm³/mol. The third-order valence-electron chi connectivity index (χ3n) is 5.07. The number of para-hydroxylation sites is 1. The normalized spacial score (nSPS) is 11.1. The van der Waals surface area contributed by atoms with E-state index in [0.717, 1.165) is 16.7 Å². The number of hydrogen-bond acceptors (Lipinski definition) is 6. The number of esters is 2. The molecular weight excluding hydrogens is 430 g/mol. The highest BCUT2D eigenvalue weighted by Gasteiger charge is 2.23. The number of rotatable bonds is 8. The van der Waals surface area contributed by atoms with Crippen LogP contribution in [0.3, 0.4) is 0 Å². The average molecular weight is 462 g/mol. The number of ether oxygens (including phenoxy) is 3. The van der Waals surface area contributed by atoms with Crippen LogP contribution in [0, 0.1) is 6.92 Å². The molecule has 2 aromatic carbocycles. The zero-order valence-electron chi connectivity index (χ0n) is 20.4. The van der Waals surface area contributed by atoms with Gasteiger partial charge in [0.1, 0.15) is 17.1 Å². The van der Waals surface area contributed by atoms with Gasteiger partial charge in [0, 0.05) is 18.2 Å². The van der Waals surface area contributed by atoms with Crippen LogP contribution in [0.15, 0.2) is 60.8 Å². The summed E-state index contributed by atoms with van der Waals surface area (Å²) >= 11 is 0. The smallest absolute Gasteiger partial charge is 0.358 e. The number of nitrogens with zero attached hydrogens (tertiary/aromatic N) is 1. The minimum Gasteiger partial charge on any atom is -0.466 e. The van der Waals surface area contributed by atoms with Crippen LogP contribution in [0.25, 0.3) is 11.1 Å². The van der Waals surface area contributed by atoms with Crippen LogP contribution in [0.2, 0.25) is 0 Å². The van der Waals surface area contributed by atoms with E-state index in [4.69, 9.17) is 14.2 Å². The summed E-state index contributed by atoms with van der Waals surface area (Å²) < 4.78 is 16.9. The van der Waals surface area contributed by atoms with Crippen molar-refractivity contribution in [2.45, 2.75) is 53.1 Å². The molecule has 0 aliphatic rings. The lowest BCUT2D eigenvalue weighted by Crippen LogP contribution is -2.24. The van der Waals surface area contributed by atoms with E-state index in [0.29, 0.717) is 30.1 Å². The Balaban J connectivity index is 1.91. The van der Waals surface area contributed by atoms with Gasteiger partial charge in [-0.3, -0.25) is 4.79 Å². The molecule has 0 saturated heterocycles. The molecule has 0 atom stereocenters. The molecule has 178 valence electrons. The summed E-state index contributed by atoms with van der Waals surface area (Å²) in [7, 11) is 0. The number of pyridine rings is 1. The summed E-state index contributed by atoms with van der Waals surface area (Å²) in [5.41, 5.74) is 2.91. The Hall–Kier alpha value is -3.67. The lowest BCUT2D eigenvalue weighted by Gasteiger charge is -2.20. The van der Waals surface area contributed by atoms with Crippen LogP contribution in [0.5, 0.6) is 11.5 Å². The molecule has 0 bridgehead atoms. The summed E-state index contributed by atoms with van der Waals surface area (Å²) in [4.78, 5) is 28.9. The first-order valence-electron chi connectivity index (χ1n) is 11.4. The number of carbonyl (C=O) groups is 2. The standard InChI is InChI=1S/C28H31NO5/c1-6-32-25(30)17-16-20-11-7-8-14-24(20)33-23-15-9-12-21(19(23)2)22-13-10-18-29-26(22)27(31)34-28(3,4)5/h7-15,18H,6,16-17H2,1-5H3. The largest absolute Gasteiger partial charge is 0.466 e. The summed E-state index contributed by atoms with van der Waals surface area (Å²) in [6, 6.07) is 17.0. The van der Waals surface area contributed by atoms with Gasteiger partial charge >= 0.3 is 11.9 Å². The molecule has 0 saturated carbocycles. The fourth-order valence-corrected chi connectivity index (χ4v) is 3.53. The van der Waals surface area contributed by atoms with Gasteiger partial charge in [-0.05, 0) is 75.9 Å². The molecule has 3 rings (SSSR count). The van der Waals surface area contributed by atoms with Crippen molar-refractivity contribution in [3.8, 4) is 22.6 Å². The summed E-state index contributed by atoms with van der Waals surface area (Å²) in [6.07, 6.45) is 2.37. The van der Waals surface area contributed by atoms with Crippen molar-refractivity contribution in [2.75, 3.05) is 6.61 Å². The topological polar surface area (TPSA) is 74.7 Å². The lowest BCUT2D eigenvalue weighted by molar-refractivity contribution is -0.143. The molecule has 6 heteroatoms. The summed E-state index contributed by atoms with van der Waals surface area (Å²) in [6.45, 7) is 9.58. The highest BCUT2D eigenvalue weighted by Crippen LogP contribution is 2.35. The van der Waals surface area contributed by atoms with Crippen LogP contribution < -0.4 is 4.74 Å². The minimum absolute atomic E-state index is 0.235. The van der Waals surface area contributed by atoms with E-state index in [9.17, 15) is 9.59 Å². The van der Waals surface area contributed by atoms with Crippen LogP contribution in [0.1, 0.15) is 55.7 Å². The van der Waals surface area contributed by atoms with Gasteiger partial charge < -0.3 is 14.2 Å². The van der Waals surface area contributed by atoms with E-state index >= 15 is 0 Å². The Bertz CT molecular complexity index is 1160. The van der Waals surface area contributed by atoms with Crippen LogP contribution in [-0.4, -0.2) is 29.1 Å². The Labute approximate surface area is 200 Å². The van der Waals surface area contributed by atoms with Crippen molar-refractivity contribution < 1.29 is 23.8 Å². The van der Waals surface area contributed by atoms with E-state index in [2.05, 4.69) is 4.98 Å². The van der Waals surface area contributed by atoms with Crippen molar-refractivity contribution in [1.29, 1.82) is 0 Å². The van der Waals surface area contributed by atoms with Gasteiger partial charge in [-0.25, -0.2) is 9.78 Å². The first-order chi connectivity index (χ1) is 16.2. The first kappa shape index (κ1) is 25.0. The second-order valence-corrected chi connectivity index (χ2v) is 8.84. The van der Waals surface area contributed by atoms with Crippen molar-refractivity contribution in [1.82, 2.24) is 4.98 Å². The molecule has 6 nitrogen and oxygen atoms in total. The van der Waals surface area contributed by atoms with Gasteiger partial charge in [0.2, 0.25) is 0 Å². The van der Waals surface area contributed by atoms with Crippen molar-refractivity contribution >= 4 is 11.9 Å². The van der Waals surface area contributed by atoms with Gasteiger partial charge in [0.15, 0.2) is 5.69 Å². The molecule has 0 radical (unpaired) electrons. The Morgan fingerprint density at radius 1 is 0.912 bits per heavy atom. The fraction of sp³-hybridized carbons (Fsp3) is 0.321. The number of aryl methyl sites for hydroxylation is 1. The molecular formula is C28H31NO5. The maximum atomic E-state index is 12.8. The third kappa shape index (κ3) is 6.44. The summed E-state index contributed by atoms with van der Waals surface area (Å²) in [5.74, 6) is 0.616. The Morgan fingerprint density at radius 2 is 1.62 bits per heavy atom. The number of benzene rings is 2.